The van der Waals surface area contributed by atoms with Crippen LogP contribution in [0.4, 0.5) is 19.3 Å². The van der Waals surface area contributed by atoms with Crippen LogP contribution in [0.3, 0.4) is 0 Å². The van der Waals surface area contributed by atoms with Gasteiger partial charge in [-0.15, -0.1) is 11.3 Å². The molecular formula is C48H50F2N4O6S. The summed E-state index contributed by atoms with van der Waals surface area (Å²) in [7, 11) is 1.93. The molecule has 10 nitrogen and oxygen atoms in total. The number of nitrogens with one attached hydrogen (secondary N) is 2. The largest absolute Gasteiger partial charge is 0.445 e. The predicted molar refractivity (Wildman–Crippen MR) is 236 cm³/mol. The number of fused-ring (bicyclic) bond motifs is 1. The number of hydrogen-bond acceptors (Lipinski definition) is 8. The first kappa shape index (κ1) is 44.5. The van der Waals surface area contributed by atoms with E-state index in [1.807, 2.05) is 88.5 Å². The molecule has 318 valence electrons. The fourth-order valence-electron chi connectivity index (χ4n) is 6.72. The minimum absolute atomic E-state index is 0.0214. The van der Waals surface area contributed by atoms with Gasteiger partial charge in [-0.1, -0.05) is 92.7 Å². The number of ketones is 1. The molecule has 13 heteroatoms. The highest BCUT2D eigenvalue weighted by Crippen LogP contribution is 2.39. The van der Waals surface area contributed by atoms with Crippen molar-refractivity contribution < 1.29 is 32.6 Å². The lowest BCUT2D eigenvalue weighted by Gasteiger charge is -2.24. The second-order valence-electron chi connectivity index (χ2n) is 16.2. The predicted octanol–water partition coefficient (Wildman–Crippen LogP) is 9.58. The number of ether oxygens (including phenoxy) is 2. The van der Waals surface area contributed by atoms with Gasteiger partial charge >= 0.3 is 6.09 Å². The number of amides is 2. The summed E-state index contributed by atoms with van der Waals surface area (Å²) in [6, 6.07) is 28.6. The van der Waals surface area contributed by atoms with Crippen molar-refractivity contribution >= 4 is 45.0 Å². The summed E-state index contributed by atoms with van der Waals surface area (Å²) in [5.74, 6) is -2.90. The fraction of sp³-hybridized carbons (Fsp3) is 0.292. The molecular weight excluding hydrogens is 799 g/mol. The second-order valence-corrected chi connectivity index (χ2v) is 17.2. The van der Waals surface area contributed by atoms with Crippen molar-refractivity contribution in [3.63, 3.8) is 0 Å². The zero-order valence-corrected chi connectivity index (χ0v) is 35.9. The van der Waals surface area contributed by atoms with Crippen LogP contribution in [-0.4, -0.2) is 52.5 Å². The molecule has 0 spiro atoms. The quantitative estimate of drug-likeness (QED) is 0.0932. The third-order valence-electron chi connectivity index (χ3n) is 9.83. The van der Waals surface area contributed by atoms with Gasteiger partial charge in [0.05, 0.1) is 29.7 Å². The first-order valence-corrected chi connectivity index (χ1v) is 20.8. The summed E-state index contributed by atoms with van der Waals surface area (Å²) < 4.78 is 43.1. The van der Waals surface area contributed by atoms with Crippen LogP contribution >= 0.6 is 11.3 Å². The maximum Gasteiger partial charge on any atom is 0.408 e. The molecule has 0 saturated carbocycles. The molecule has 2 amide bonds. The molecule has 1 atom stereocenters. The van der Waals surface area contributed by atoms with Crippen molar-refractivity contribution in [3.8, 4) is 10.4 Å². The van der Waals surface area contributed by atoms with Crippen LogP contribution in [0.5, 0.6) is 0 Å². The number of anilines is 1. The maximum absolute atomic E-state index is 15.1. The lowest BCUT2D eigenvalue weighted by molar-refractivity contribution is -0.121. The highest BCUT2D eigenvalue weighted by molar-refractivity contribution is 7.22. The smallest absolute Gasteiger partial charge is 0.408 e. The van der Waals surface area contributed by atoms with Gasteiger partial charge in [0.15, 0.2) is 5.78 Å². The van der Waals surface area contributed by atoms with Crippen LogP contribution in [-0.2, 0) is 40.5 Å². The van der Waals surface area contributed by atoms with Gasteiger partial charge in [-0.25, -0.2) is 13.6 Å². The van der Waals surface area contributed by atoms with Crippen LogP contribution in [0.25, 0.3) is 20.7 Å². The fourth-order valence-corrected chi connectivity index (χ4v) is 8.01. The molecule has 0 aliphatic rings. The van der Waals surface area contributed by atoms with Crippen LogP contribution in [0.15, 0.2) is 114 Å². The topological polar surface area (TPSA) is 119 Å². The van der Waals surface area contributed by atoms with E-state index in [9.17, 15) is 19.2 Å². The number of benzene rings is 4. The van der Waals surface area contributed by atoms with Gasteiger partial charge in [-0.05, 0) is 74.3 Å². The maximum atomic E-state index is 15.1. The van der Waals surface area contributed by atoms with Gasteiger partial charge in [0.2, 0.25) is 11.3 Å². The number of pyridine rings is 1. The van der Waals surface area contributed by atoms with E-state index in [4.69, 9.17) is 9.47 Å². The Morgan fingerprint density at radius 2 is 1.44 bits per heavy atom. The normalized spacial score (nSPS) is 12.2. The molecule has 0 radical (unpaired) electrons. The Balaban J connectivity index is 1.36. The molecule has 2 N–H and O–H groups in total. The summed E-state index contributed by atoms with van der Waals surface area (Å²) in [5, 5.41) is 5.79. The number of aromatic nitrogens is 1. The zero-order chi connectivity index (χ0) is 43.8. The number of thiophene rings is 1. The molecule has 0 saturated heterocycles. The number of hydrogen-bond donors (Lipinski definition) is 2. The first-order chi connectivity index (χ1) is 29.1. The van der Waals surface area contributed by atoms with Crippen LogP contribution in [0, 0.1) is 17.6 Å². The average molecular weight is 849 g/mol. The van der Waals surface area contributed by atoms with Crippen molar-refractivity contribution in [1.29, 1.82) is 0 Å². The van der Waals surface area contributed by atoms with E-state index >= 15 is 8.78 Å². The molecule has 0 bridgehead atoms. The van der Waals surface area contributed by atoms with Crippen molar-refractivity contribution in [3.05, 3.63) is 159 Å². The van der Waals surface area contributed by atoms with Crippen LogP contribution in [0.2, 0.25) is 0 Å². The first-order valence-electron chi connectivity index (χ1n) is 20.0. The Kier molecular flexibility index (Phi) is 14.3. The molecule has 61 heavy (non-hydrogen) atoms. The zero-order valence-electron chi connectivity index (χ0n) is 35.1. The highest BCUT2D eigenvalue weighted by Gasteiger charge is 2.27. The molecule has 6 aromatic rings. The average Bonchev–Trinajstić information content (AvgIpc) is 3.60. The standard InChI is InChI=1S/C48H50F2N4O6S/c1-30(2)42(55)37-27-54(26-35-38(49)18-13-19-39(35)50)46-41(43(37)56)36(25-53(6)24-31-14-9-7-10-15-31)44(61-46)33-20-22-34(23-21-33)51-45(57)40(29-60-48(3,4)5)52-47(58)59-28-32-16-11-8-12-17-32/h7-23,27,30,40H,24-26,28-29H2,1-6H3,(H,51,57)(H,52,58). The Morgan fingerprint density at radius 1 is 0.820 bits per heavy atom. The third kappa shape index (κ3) is 11.4. The number of rotatable bonds is 16. The minimum Gasteiger partial charge on any atom is -0.445 e. The number of Topliss-reactive ketones (excluding diaryl/α,β-unsaturated/α-hetero) is 1. The third-order valence-corrected chi connectivity index (χ3v) is 11.1. The number of carbonyl (C=O) groups excluding carboxylic acids is 3. The number of alkyl carbamates (subject to hydrolysis) is 1. The van der Waals surface area contributed by atoms with Crippen molar-refractivity contribution in [1.82, 2.24) is 14.8 Å². The van der Waals surface area contributed by atoms with E-state index in [0.29, 0.717) is 45.0 Å². The molecule has 0 aliphatic heterocycles. The van der Waals surface area contributed by atoms with E-state index in [-0.39, 0.29) is 36.7 Å². The van der Waals surface area contributed by atoms with E-state index in [1.165, 1.54) is 35.7 Å². The Hall–Kier alpha value is -6.02. The molecule has 4 aromatic carbocycles. The lowest BCUT2D eigenvalue weighted by atomic mass is 9.99. The Labute approximate surface area is 358 Å². The number of halogens is 2. The van der Waals surface area contributed by atoms with Crippen LogP contribution < -0.4 is 16.1 Å². The van der Waals surface area contributed by atoms with E-state index in [1.54, 1.807) is 42.7 Å². The second kappa shape index (κ2) is 19.6. The number of carbonyl (C=O) groups is 3. The SMILES string of the molecule is CC(C)C(=O)c1cn(Cc2c(F)cccc2F)c2sc(-c3ccc(NC(=O)C(COC(C)(C)C)NC(=O)OCc4ccccc4)cc3)c(CN(C)Cc3ccccc3)c2c1=O. The summed E-state index contributed by atoms with van der Waals surface area (Å²) in [5.41, 5.74) is 2.33. The van der Waals surface area contributed by atoms with Gasteiger partial charge in [-0.3, -0.25) is 19.3 Å². The minimum atomic E-state index is -1.09. The summed E-state index contributed by atoms with van der Waals surface area (Å²) in [6.07, 6.45) is 0.637. The monoisotopic (exact) mass is 848 g/mol. The Morgan fingerprint density at radius 3 is 2.05 bits per heavy atom. The summed E-state index contributed by atoms with van der Waals surface area (Å²) in [4.78, 5) is 57.7. The Bertz CT molecular complexity index is 2530. The molecule has 2 heterocycles. The molecule has 1 unspecified atom stereocenters. The lowest BCUT2D eigenvalue weighted by Crippen LogP contribution is -2.48. The number of nitrogens with zero attached hydrogens (tertiary/aromatic N) is 2. The van der Waals surface area contributed by atoms with Gasteiger partial charge in [0.25, 0.3) is 0 Å². The van der Waals surface area contributed by atoms with E-state index < -0.39 is 46.6 Å². The van der Waals surface area contributed by atoms with Crippen molar-refractivity contribution in [2.45, 2.75) is 72.5 Å². The summed E-state index contributed by atoms with van der Waals surface area (Å²) >= 11 is 1.28. The van der Waals surface area contributed by atoms with Gasteiger partial charge in [0.1, 0.15) is 29.1 Å². The highest BCUT2D eigenvalue weighted by atomic mass is 32.1. The molecule has 0 aliphatic carbocycles. The van der Waals surface area contributed by atoms with Crippen molar-refractivity contribution in [2.24, 2.45) is 5.92 Å². The molecule has 6 rings (SSSR count). The van der Waals surface area contributed by atoms with E-state index in [2.05, 4.69) is 15.5 Å². The van der Waals surface area contributed by atoms with Crippen molar-refractivity contribution in [2.75, 3.05) is 19.0 Å². The summed E-state index contributed by atoms with van der Waals surface area (Å²) in [6.45, 7) is 9.42. The van der Waals surface area contributed by atoms with Crippen LogP contribution in [0.1, 0.15) is 67.2 Å². The molecule has 2 aromatic heterocycles. The van der Waals surface area contributed by atoms with Gasteiger partial charge < -0.3 is 24.7 Å². The van der Waals surface area contributed by atoms with Gasteiger partial charge in [0, 0.05) is 41.3 Å². The van der Waals surface area contributed by atoms with E-state index in [0.717, 1.165) is 11.1 Å². The van der Waals surface area contributed by atoms with Gasteiger partial charge in [-0.2, -0.15) is 0 Å². The molecule has 0 fully saturated rings.